The summed E-state index contributed by atoms with van der Waals surface area (Å²) < 4.78 is 37.3. The monoisotopic (exact) mass is 521 g/mol. The number of carbonyl (C=O) groups is 1. The van der Waals surface area contributed by atoms with Gasteiger partial charge < -0.3 is 30.1 Å². The van der Waals surface area contributed by atoms with Crippen LogP contribution in [-0.2, 0) is 16.4 Å². The third kappa shape index (κ3) is 7.34. The van der Waals surface area contributed by atoms with E-state index < -0.39 is 38.5 Å². The minimum atomic E-state index is -4.07. The highest BCUT2D eigenvalue weighted by molar-refractivity contribution is 7.87. The topological polar surface area (TPSA) is 162 Å². The van der Waals surface area contributed by atoms with Crippen LogP contribution in [0.15, 0.2) is 63.4 Å². The summed E-state index contributed by atoms with van der Waals surface area (Å²) in [4.78, 5) is 11.0. The largest absolute Gasteiger partial charge is 0.465 e. The number of nitrogens with one attached hydrogen (secondary N) is 1. The van der Waals surface area contributed by atoms with Crippen molar-refractivity contribution >= 4 is 27.2 Å². The number of nitrogens with zero attached hydrogens (tertiary/aromatic N) is 1. The van der Waals surface area contributed by atoms with Crippen molar-refractivity contribution in [3.05, 3.63) is 65.1 Å². The first-order chi connectivity index (χ1) is 17.0. The lowest BCUT2D eigenvalue weighted by atomic mass is 9.87. The summed E-state index contributed by atoms with van der Waals surface area (Å²) in [5, 5.41) is 22.8. The number of fused-ring (bicyclic) bond motifs is 1. The molecule has 0 saturated heterocycles. The number of amides is 1. The molecule has 0 bridgehead atoms. The number of benzene rings is 2. The highest BCUT2D eigenvalue weighted by Crippen LogP contribution is 2.27. The molecule has 3 rings (SSSR count). The van der Waals surface area contributed by atoms with Crippen molar-refractivity contribution in [2.45, 2.75) is 45.3 Å². The molecule has 1 unspecified atom stereocenters. The van der Waals surface area contributed by atoms with Crippen molar-refractivity contribution < 1.29 is 32.6 Å². The minimum absolute atomic E-state index is 0.0943. The smallest absolute Gasteiger partial charge is 0.404 e. The van der Waals surface area contributed by atoms with Gasteiger partial charge in [0.15, 0.2) is 11.2 Å². The highest BCUT2D eigenvalue weighted by Gasteiger charge is 2.33. The summed E-state index contributed by atoms with van der Waals surface area (Å²) in [7, 11) is -4.07. The summed E-state index contributed by atoms with van der Waals surface area (Å²) in [6, 6.07) is 14.8. The molecule has 1 heterocycles. The van der Waals surface area contributed by atoms with Gasteiger partial charge in [-0.05, 0) is 48.9 Å². The average molecular weight is 522 g/mol. The van der Waals surface area contributed by atoms with Crippen molar-refractivity contribution in [3.63, 3.8) is 0 Å². The number of aliphatic hydroxyl groups excluding tert-OH is 1. The Morgan fingerprint density at radius 2 is 1.69 bits per heavy atom. The van der Waals surface area contributed by atoms with Gasteiger partial charge in [-0.25, -0.2) is 13.3 Å². The molecule has 0 aliphatic rings. The molecule has 198 valence electrons. The van der Waals surface area contributed by atoms with E-state index in [0.717, 1.165) is 5.56 Å². The van der Waals surface area contributed by atoms with Gasteiger partial charge in [-0.1, -0.05) is 56.3 Å². The quantitative estimate of drug-likeness (QED) is 0.226. The molecule has 11 heteroatoms. The van der Waals surface area contributed by atoms with E-state index in [9.17, 15) is 23.8 Å². The molecule has 0 aliphatic heterocycles. The number of aliphatic hydroxyl groups is 1. The zero-order valence-electron chi connectivity index (χ0n) is 20.5. The van der Waals surface area contributed by atoms with Crippen LogP contribution >= 0.6 is 0 Å². The first kappa shape index (κ1) is 27.8. The number of rotatable bonds is 12. The summed E-state index contributed by atoms with van der Waals surface area (Å²) >= 11 is 0. The summed E-state index contributed by atoms with van der Waals surface area (Å²) in [5.41, 5.74) is 6.65. The van der Waals surface area contributed by atoms with Crippen LogP contribution in [-0.4, -0.2) is 61.2 Å². The van der Waals surface area contributed by atoms with Crippen molar-refractivity contribution in [2.24, 2.45) is 11.1 Å². The van der Waals surface area contributed by atoms with E-state index in [1.165, 1.54) is 4.31 Å². The number of nitrogens with two attached hydrogens (primary N) is 1. The van der Waals surface area contributed by atoms with Crippen LogP contribution in [0.1, 0.15) is 32.3 Å². The van der Waals surface area contributed by atoms with E-state index in [1.807, 2.05) is 44.2 Å². The lowest BCUT2D eigenvalue weighted by Gasteiger charge is -2.34. The van der Waals surface area contributed by atoms with Crippen LogP contribution in [0.2, 0.25) is 0 Å². The molecule has 0 radical (unpaired) electrons. The molecular weight excluding hydrogens is 486 g/mol. The normalized spacial score (nSPS) is 15.5. The van der Waals surface area contributed by atoms with Crippen LogP contribution in [0.4, 0.5) is 4.79 Å². The van der Waals surface area contributed by atoms with Crippen LogP contribution in [0.25, 0.3) is 11.2 Å². The number of carboxylic acid groups (broad SMARTS) is 1. The maximum atomic E-state index is 13.8. The summed E-state index contributed by atoms with van der Waals surface area (Å²) in [6.07, 6.45) is -1.04. The predicted molar refractivity (Wildman–Crippen MR) is 137 cm³/mol. The Kier molecular flexibility index (Phi) is 9.20. The van der Waals surface area contributed by atoms with E-state index in [-0.39, 0.29) is 19.5 Å². The fourth-order valence-electron chi connectivity index (χ4n) is 4.07. The molecule has 1 amide bonds. The molecule has 3 aromatic rings. The molecule has 2 aromatic carbocycles. The Hall–Kier alpha value is -2.83. The second-order valence-electron chi connectivity index (χ2n) is 9.59. The Balaban J connectivity index is 1.99. The lowest BCUT2D eigenvalue weighted by Crippen LogP contribution is -2.51. The second kappa shape index (κ2) is 11.9. The van der Waals surface area contributed by atoms with Gasteiger partial charge in [-0.15, -0.1) is 0 Å². The van der Waals surface area contributed by atoms with Crippen molar-refractivity contribution in [1.29, 1.82) is 0 Å². The molecule has 0 saturated carbocycles. The minimum Gasteiger partial charge on any atom is -0.465 e. The highest BCUT2D eigenvalue weighted by atomic mass is 32.2. The Morgan fingerprint density at radius 1 is 1.11 bits per heavy atom. The fourth-order valence-corrected chi connectivity index (χ4v) is 5.56. The van der Waals surface area contributed by atoms with E-state index in [0.29, 0.717) is 30.6 Å². The Morgan fingerprint density at radius 3 is 2.25 bits per heavy atom. The van der Waals surface area contributed by atoms with Crippen LogP contribution < -0.4 is 11.1 Å². The van der Waals surface area contributed by atoms with Crippen molar-refractivity contribution in [2.75, 3.05) is 19.6 Å². The molecule has 1 aromatic heterocycles. The zero-order chi connectivity index (χ0) is 26.3. The molecular formula is C25H35N3O7S. The van der Waals surface area contributed by atoms with E-state index in [2.05, 4.69) is 5.32 Å². The Bertz CT molecular complexity index is 1260. The standard InChI is InChI=1S/C25H35N3O7S/c1-25(2,13-8-14-26)17-28(36(32,33)24-34-21-11-6-7-12-22(21)35-24)16-20(29)19(27-23(30)31)15-18-9-4-3-5-10-18/h3-7,9-12,19-20,27,29H,8,13-17,26H2,1-2H3,(H,30,31)(H,32,33)/t19-,20+/m0/s1. The molecule has 36 heavy (non-hydrogen) atoms. The van der Waals surface area contributed by atoms with E-state index in [4.69, 9.17) is 14.6 Å². The second-order valence-corrected chi connectivity index (χ2v) is 11.4. The van der Waals surface area contributed by atoms with Gasteiger partial charge in [-0.3, -0.25) is 4.55 Å². The summed E-state index contributed by atoms with van der Waals surface area (Å²) in [5.74, 6) is 0. The van der Waals surface area contributed by atoms with Crippen molar-refractivity contribution in [1.82, 2.24) is 9.62 Å². The van der Waals surface area contributed by atoms with Gasteiger partial charge in [-0.2, -0.15) is 0 Å². The third-order valence-corrected chi connectivity index (χ3v) is 7.51. The van der Waals surface area contributed by atoms with Gasteiger partial charge in [0, 0.05) is 13.1 Å². The third-order valence-electron chi connectivity index (χ3n) is 5.93. The summed E-state index contributed by atoms with van der Waals surface area (Å²) in [6.45, 7) is 4.12. The Labute approximate surface area is 210 Å². The van der Waals surface area contributed by atoms with Gasteiger partial charge in [0.2, 0.25) is 9.99 Å². The van der Waals surface area contributed by atoms with Gasteiger partial charge >= 0.3 is 11.0 Å². The van der Waals surface area contributed by atoms with E-state index >= 15 is 0 Å². The van der Waals surface area contributed by atoms with E-state index in [1.54, 1.807) is 24.3 Å². The molecule has 0 aliphatic carbocycles. The van der Waals surface area contributed by atoms with Gasteiger partial charge in [0.1, 0.15) is 0 Å². The maximum Gasteiger partial charge on any atom is 0.404 e. The first-order valence-electron chi connectivity index (χ1n) is 11.8. The first-order valence-corrected chi connectivity index (χ1v) is 13.2. The molecule has 3 atom stereocenters. The predicted octanol–water partition coefficient (Wildman–Crippen LogP) is 3.54. The SMILES string of the molecule is CC(C)(CCCN)CN(C[C@@H](O)[C@H](Cc1ccccc1)NC(=O)O)S(=O)(O)=c1oc2ccccc2o1. The molecule has 6 N–H and O–H groups in total. The molecule has 0 fully saturated rings. The lowest BCUT2D eigenvalue weighted by molar-refractivity contribution is 0.0890. The average Bonchev–Trinajstić information content (AvgIpc) is 3.27. The molecule has 10 nitrogen and oxygen atoms in total. The number of para-hydroxylation sites is 2. The van der Waals surface area contributed by atoms with Gasteiger partial charge in [0.25, 0.3) is 0 Å². The van der Waals surface area contributed by atoms with Gasteiger partial charge in [0.05, 0.1) is 12.1 Å². The van der Waals surface area contributed by atoms with Crippen LogP contribution in [0.3, 0.4) is 0 Å². The number of hydrogen-bond acceptors (Lipinski definition) is 6. The van der Waals surface area contributed by atoms with Crippen molar-refractivity contribution in [3.8, 4) is 0 Å². The number of hydrogen-bond donors (Lipinski definition) is 5. The maximum absolute atomic E-state index is 13.8. The zero-order valence-corrected chi connectivity index (χ0v) is 21.3. The van der Waals surface area contributed by atoms with Crippen LogP contribution in [0, 0.1) is 10.3 Å². The molecule has 0 spiro atoms. The van der Waals surface area contributed by atoms with Crippen LogP contribution in [0.5, 0.6) is 0 Å². The fraction of sp³-hybridized carbons (Fsp3) is 0.440.